The number of pyridine rings is 1. The van der Waals surface area contributed by atoms with Crippen LogP contribution in [0, 0.1) is 0 Å². The second kappa shape index (κ2) is 4.22. The maximum Gasteiger partial charge on any atom is 0.306 e. The smallest absolute Gasteiger partial charge is 0.306 e. The number of rotatable bonds is 3. The molecule has 0 atom stereocenters. The molecule has 0 N–H and O–H groups in total. The molecule has 4 nitrogen and oxygen atoms in total. The monoisotopic (exact) mass is 283 g/mol. The van der Waals surface area contributed by atoms with E-state index in [2.05, 4.69) is 20.9 Å². The Labute approximate surface area is 89.4 Å². The van der Waals surface area contributed by atoms with Gasteiger partial charge in [0, 0.05) is 16.2 Å². The number of nitrogens with zero attached hydrogens (tertiary/aromatic N) is 1. The van der Waals surface area contributed by atoms with Gasteiger partial charge in [0.05, 0.1) is 7.11 Å². The van der Waals surface area contributed by atoms with Crippen LogP contribution in [0.5, 0.6) is 5.88 Å². The number of ether oxygens (including phenoxy) is 1. The zero-order chi connectivity index (χ0) is 10.8. The SMILES string of the molecule is COc1ncc(Br)cc1CS(=O)(=O)F. The van der Waals surface area contributed by atoms with Crippen LogP contribution < -0.4 is 4.74 Å². The summed E-state index contributed by atoms with van der Waals surface area (Å²) in [5, 5.41) is 0. The first-order valence-electron chi connectivity index (χ1n) is 3.53. The minimum absolute atomic E-state index is 0.106. The average molecular weight is 284 g/mol. The van der Waals surface area contributed by atoms with Crippen LogP contribution in [0.1, 0.15) is 5.56 Å². The number of halogens is 2. The fraction of sp³-hybridized carbons (Fsp3) is 0.286. The second-order valence-corrected chi connectivity index (χ2v) is 4.79. The molecule has 1 aromatic heterocycles. The molecule has 14 heavy (non-hydrogen) atoms. The van der Waals surface area contributed by atoms with Gasteiger partial charge >= 0.3 is 10.2 Å². The molecule has 7 heteroatoms. The molecule has 1 aromatic rings. The fourth-order valence-corrected chi connectivity index (χ4v) is 1.90. The molecule has 0 radical (unpaired) electrons. The van der Waals surface area contributed by atoms with Gasteiger partial charge in [0.2, 0.25) is 5.88 Å². The van der Waals surface area contributed by atoms with Crippen LogP contribution in [0.3, 0.4) is 0 Å². The zero-order valence-corrected chi connectivity index (χ0v) is 9.60. The molecule has 0 aromatic carbocycles. The van der Waals surface area contributed by atoms with E-state index >= 15 is 0 Å². The van der Waals surface area contributed by atoms with Crippen molar-refractivity contribution in [1.29, 1.82) is 0 Å². The molecule has 0 bridgehead atoms. The van der Waals surface area contributed by atoms with Crippen molar-refractivity contribution in [3.05, 3.63) is 22.3 Å². The Hall–Kier alpha value is -0.690. The predicted molar refractivity (Wildman–Crippen MR) is 52.2 cm³/mol. The summed E-state index contributed by atoms with van der Waals surface area (Å²) >= 11 is 3.10. The number of aromatic nitrogens is 1. The summed E-state index contributed by atoms with van der Waals surface area (Å²) in [7, 11) is -3.23. The van der Waals surface area contributed by atoms with Gasteiger partial charge in [0.15, 0.2) is 0 Å². The Morgan fingerprint density at radius 2 is 2.29 bits per heavy atom. The van der Waals surface area contributed by atoms with Crippen molar-refractivity contribution in [3.8, 4) is 5.88 Å². The third-order valence-electron chi connectivity index (χ3n) is 1.41. The van der Waals surface area contributed by atoms with Crippen molar-refractivity contribution in [2.75, 3.05) is 7.11 Å². The van der Waals surface area contributed by atoms with E-state index in [1.54, 1.807) is 0 Å². The molecule has 0 aliphatic heterocycles. The van der Waals surface area contributed by atoms with Crippen molar-refractivity contribution >= 4 is 26.2 Å². The lowest BCUT2D eigenvalue weighted by molar-refractivity contribution is 0.393. The lowest BCUT2D eigenvalue weighted by Crippen LogP contribution is -2.01. The zero-order valence-electron chi connectivity index (χ0n) is 7.20. The largest absolute Gasteiger partial charge is 0.481 e. The topological polar surface area (TPSA) is 56.3 Å². The maximum atomic E-state index is 12.4. The van der Waals surface area contributed by atoms with E-state index in [0.717, 1.165) is 0 Å². The quantitative estimate of drug-likeness (QED) is 0.792. The number of methoxy groups -OCH3 is 1. The summed E-state index contributed by atoms with van der Waals surface area (Å²) in [5.41, 5.74) is 0.185. The standard InChI is InChI=1S/C7H7BrFNO3S/c1-13-7-5(4-14(9,11)12)2-6(8)3-10-7/h2-3H,4H2,1H3. The summed E-state index contributed by atoms with van der Waals surface area (Å²) in [6.07, 6.45) is 1.44. The molecule has 0 unspecified atom stereocenters. The molecule has 1 rings (SSSR count). The molecule has 0 spiro atoms. The van der Waals surface area contributed by atoms with Crippen LogP contribution in [0.25, 0.3) is 0 Å². The van der Waals surface area contributed by atoms with Gasteiger partial charge < -0.3 is 4.74 Å². The van der Waals surface area contributed by atoms with Crippen LogP contribution in [-0.4, -0.2) is 20.5 Å². The second-order valence-electron chi connectivity index (χ2n) is 2.51. The molecular weight excluding hydrogens is 277 g/mol. The Kier molecular flexibility index (Phi) is 3.43. The average Bonchev–Trinajstić information content (AvgIpc) is 2.01. The lowest BCUT2D eigenvalue weighted by atomic mass is 10.3. The van der Waals surface area contributed by atoms with E-state index in [1.165, 1.54) is 19.4 Å². The summed E-state index contributed by atoms with van der Waals surface area (Å²) in [5.74, 6) is -0.628. The van der Waals surface area contributed by atoms with E-state index in [0.29, 0.717) is 4.47 Å². The van der Waals surface area contributed by atoms with Gasteiger partial charge in [-0.25, -0.2) is 4.98 Å². The normalized spacial score (nSPS) is 11.4. The molecule has 0 aliphatic rings. The summed E-state index contributed by atoms with van der Waals surface area (Å²) in [4.78, 5) is 3.78. The predicted octanol–water partition coefficient (Wildman–Crippen LogP) is 1.65. The van der Waals surface area contributed by atoms with E-state index in [-0.39, 0.29) is 11.4 Å². The van der Waals surface area contributed by atoms with Gasteiger partial charge in [-0.15, -0.1) is 3.89 Å². The van der Waals surface area contributed by atoms with Gasteiger partial charge in [0.25, 0.3) is 0 Å². The molecule has 0 amide bonds. The van der Waals surface area contributed by atoms with Crippen molar-refractivity contribution in [3.63, 3.8) is 0 Å². The first-order chi connectivity index (χ1) is 6.42. The molecule has 1 heterocycles. The van der Waals surface area contributed by atoms with E-state index in [9.17, 15) is 12.3 Å². The summed E-state index contributed by atoms with van der Waals surface area (Å²) in [6, 6.07) is 1.45. The van der Waals surface area contributed by atoms with E-state index < -0.39 is 16.0 Å². The fourth-order valence-electron chi connectivity index (χ4n) is 0.942. The maximum absolute atomic E-state index is 12.4. The van der Waals surface area contributed by atoms with E-state index in [4.69, 9.17) is 4.74 Å². The van der Waals surface area contributed by atoms with Crippen LogP contribution in [0.4, 0.5) is 3.89 Å². The molecule has 78 valence electrons. The van der Waals surface area contributed by atoms with Gasteiger partial charge in [-0.1, -0.05) is 0 Å². The highest BCUT2D eigenvalue weighted by Crippen LogP contribution is 2.22. The Morgan fingerprint density at radius 1 is 1.64 bits per heavy atom. The molecule has 0 saturated heterocycles. The minimum atomic E-state index is -4.57. The molecule has 0 saturated carbocycles. The first-order valence-corrected chi connectivity index (χ1v) is 5.87. The van der Waals surface area contributed by atoms with Crippen molar-refractivity contribution in [1.82, 2.24) is 4.98 Å². The Bertz CT molecular complexity index is 435. The van der Waals surface area contributed by atoms with Gasteiger partial charge in [-0.05, 0) is 22.0 Å². The Morgan fingerprint density at radius 3 is 2.79 bits per heavy atom. The van der Waals surface area contributed by atoms with Crippen molar-refractivity contribution < 1.29 is 17.0 Å². The van der Waals surface area contributed by atoms with E-state index in [1.807, 2.05) is 0 Å². The molecule has 0 fully saturated rings. The van der Waals surface area contributed by atoms with Crippen LogP contribution >= 0.6 is 15.9 Å². The van der Waals surface area contributed by atoms with Gasteiger partial charge in [0.1, 0.15) is 5.75 Å². The highest BCUT2D eigenvalue weighted by Gasteiger charge is 2.14. The third kappa shape index (κ3) is 3.22. The minimum Gasteiger partial charge on any atom is -0.481 e. The first kappa shape index (κ1) is 11.4. The summed E-state index contributed by atoms with van der Waals surface area (Å²) in [6.45, 7) is 0. The third-order valence-corrected chi connectivity index (χ3v) is 2.50. The van der Waals surface area contributed by atoms with Crippen molar-refractivity contribution in [2.45, 2.75) is 5.75 Å². The number of hydrogen-bond acceptors (Lipinski definition) is 4. The van der Waals surface area contributed by atoms with Gasteiger partial charge in [-0.2, -0.15) is 8.42 Å². The molecular formula is C7H7BrFNO3S. The lowest BCUT2D eigenvalue weighted by Gasteiger charge is -2.04. The highest BCUT2D eigenvalue weighted by atomic mass is 79.9. The number of hydrogen-bond donors (Lipinski definition) is 0. The molecule has 0 aliphatic carbocycles. The van der Waals surface area contributed by atoms with Crippen LogP contribution in [0.2, 0.25) is 0 Å². The van der Waals surface area contributed by atoms with Crippen molar-refractivity contribution in [2.24, 2.45) is 0 Å². The van der Waals surface area contributed by atoms with Crippen LogP contribution in [-0.2, 0) is 16.0 Å². The van der Waals surface area contributed by atoms with Crippen LogP contribution in [0.15, 0.2) is 16.7 Å². The highest BCUT2D eigenvalue weighted by molar-refractivity contribution is 9.10. The Balaban J connectivity index is 3.11. The van der Waals surface area contributed by atoms with Gasteiger partial charge in [-0.3, -0.25) is 0 Å². The summed E-state index contributed by atoms with van der Waals surface area (Å²) < 4.78 is 38.6.